The summed E-state index contributed by atoms with van der Waals surface area (Å²) in [6.45, 7) is 11.1. The fourth-order valence-electron chi connectivity index (χ4n) is 2.75. The zero-order valence-corrected chi connectivity index (χ0v) is 12.7. The van der Waals surface area contributed by atoms with E-state index in [2.05, 4.69) is 11.5 Å². The first-order valence-corrected chi connectivity index (χ1v) is 7.83. The molecule has 0 saturated carbocycles. The number of ether oxygens (including phenoxy) is 2. The molecule has 0 aromatic heterocycles. The van der Waals surface area contributed by atoms with Gasteiger partial charge < -0.3 is 14.4 Å². The Hall–Kier alpha value is -1.22. The van der Waals surface area contributed by atoms with E-state index in [0.29, 0.717) is 13.2 Å². The summed E-state index contributed by atoms with van der Waals surface area (Å²) in [6.07, 6.45) is 10.3. The summed E-state index contributed by atoms with van der Waals surface area (Å²) in [4.78, 5) is 2.57. The molecule has 2 fully saturated rings. The first kappa shape index (κ1) is 15.2. The van der Waals surface area contributed by atoms with Crippen LogP contribution in [-0.4, -0.2) is 37.7 Å². The van der Waals surface area contributed by atoms with E-state index >= 15 is 0 Å². The highest BCUT2D eigenvalue weighted by molar-refractivity contribution is 5.29. The second-order valence-corrected chi connectivity index (χ2v) is 5.52. The lowest BCUT2D eigenvalue weighted by atomic mass is 10.1. The summed E-state index contributed by atoms with van der Waals surface area (Å²) in [5, 5.41) is 0. The maximum absolute atomic E-state index is 5.64. The molecule has 0 spiro atoms. The van der Waals surface area contributed by atoms with Crippen molar-refractivity contribution in [3.63, 3.8) is 0 Å². The van der Waals surface area contributed by atoms with Gasteiger partial charge in [-0.25, -0.2) is 0 Å². The topological polar surface area (TPSA) is 21.7 Å². The third kappa shape index (κ3) is 4.71. The van der Waals surface area contributed by atoms with E-state index in [4.69, 9.17) is 9.47 Å². The minimum absolute atomic E-state index is 0.629. The zero-order chi connectivity index (χ0) is 14.2. The van der Waals surface area contributed by atoms with E-state index in [1.807, 2.05) is 19.1 Å². The molecule has 2 aliphatic rings. The molecule has 0 amide bonds. The van der Waals surface area contributed by atoms with Crippen LogP contribution >= 0.6 is 0 Å². The molecule has 0 bridgehead atoms. The van der Waals surface area contributed by atoms with Crippen molar-refractivity contribution in [3.8, 4) is 0 Å². The zero-order valence-electron chi connectivity index (χ0n) is 12.7. The summed E-state index contributed by atoms with van der Waals surface area (Å²) in [5.74, 6) is 1.68. The lowest BCUT2D eigenvalue weighted by molar-refractivity contribution is 0.0592. The molecule has 112 valence electrons. The van der Waals surface area contributed by atoms with Crippen LogP contribution in [-0.2, 0) is 9.47 Å². The van der Waals surface area contributed by atoms with Crippen molar-refractivity contribution >= 4 is 0 Å². The summed E-state index contributed by atoms with van der Waals surface area (Å²) in [7, 11) is 0. The summed E-state index contributed by atoms with van der Waals surface area (Å²) < 4.78 is 11.2. The third-order valence-electron chi connectivity index (χ3n) is 3.86. The van der Waals surface area contributed by atoms with E-state index in [1.54, 1.807) is 0 Å². The molecule has 2 aliphatic heterocycles. The third-order valence-corrected chi connectivity index (χ3v) is 3.86. The van der Waals surface area contributed by atoms with Crippen LogP contribution in [0, 0.1) is 0 Å². The van der Waals surface area contributed by atoms with Gasteiger partial charge in [0.25, 0.3) is 0 Å². The molecule has 0 atom stereocenters. The minimum Gasteiger partial charge on any atom is -0.486 e. The number of hydrogen-bond acceptors (Lipinski definition) is 3. The number of piperidine rings is 1. The van der Waals surface area contributed by atoms with Crippen LogP contribution in [0.15, 0.2) is 35.8 Å². The molecule has 0 N–H and O–H groups in total. The minimum atomic E-state index is 0.629. The molecule has 0 aromatic rings. The van der Waals surface area contributed by atoms with Crippen molar-refractivity contribution in [2.24, 2.45) is 0 Å². The molecule has 3 heteroatoms. The van der Waals surface area contributed by atoms with Gasteiger partial charge in [-0.1, -0.05) is 18.6 Å². The van der Waals surface area contributed by atoms with Gasteiger partial charge >= 0.3 is 0 Å². The second-order valence-electron chi connectivity index (χ2n) is 5.52. The Morgan fingerprint density at radius 3 is 2.55 bits per heavy atom. The van der Waals surface area contributed by atoms with Gasteiger partial charge in [-0.2, -0.15) is 0 Å². The highest BCUT2D eigenvalue weighted by Crippen LogP contribution is 2.21. The van der Waals surface area contributed by atoms with Crippen LogP contribution in [0.3, 0.4) is 0 Å². The van der Waals surface area contributed by atoms with Crippen LogP contribution in [0.2, 0.25) is 0 Å². The quantitative estimate of drug-likeness (QED) is 0.765. The average molecular weight is 277 g/mol. The molecule has 3 nitrogen and oxygen atoms in total. The van der Waals surface area contributed by atoms with Crippen molar-refractivity contribution in [2.45, 2.75) is 39.0 Å². The Balaban J connectivity index is 1.73. The summed E-state index contributed by atoms with van der Waals surface area (Å²) >= 11 is 0. The number of allylic oxidation sites excluding steroid dienone is 3. The summed E-state index contributed by atoms with van der Waals surface area (Å²) in [6, 6.07) is 0. The van der Waals surface area contributed by atoms with Gasteiger partial charge in [-0.15, -0.1) is 0 Å². The van der Waals surface area contributed by atoms with Gasteiger partial charge in [0.05, 0.1) is 0 Å². The smallest absolute Gasteiger partial charge is 0.161 e. The number of nitrogens with zero attached hydrogens (tertiary/aromatic N) is 1. The lowest BCUT2D eigenvalue weighted by Crippen LogP contribution is -2.30. The average Bonchev–Trinajstić information content (AvgIpc) is 2.49. The Morgan fingerprint density at radius 1 is 1.15 bits per heavy atom. The summed E-state index contributed by atoms with van der Waals surface area (Å²) in [5.41, 5.74) is 1.13. The molecule has 0 aliphatic carbocycles. The van der Waals surface area contributed by atoms with Crippen LogP contribution < -0.4 is 0 Å². The number of hydrogen-bond donors (Lipinski definition) is 0. The molecule has 0 radical (unpaired) electrons. The Labute approximate surface area is 122 Å². The van der Waals surface area contributed by atoms with Crippen molar-refractivity contribution in [1.82, 2.24) is 4.90 Å². The molecule has 0 unspecified atom stereocenters. The Kier molecular flexibility index (Phi) is 6.19. The molecule has 0 aromatic carbocycles. The molecular weight excluding hydrogens is 250 g/mol. The maximum atomic E-state index is 5.64. The van der Waals surface area contributed by atoms with E-state index in [0.717, 1.165) is 23.5 Å². The number of likely N-dealkylation sites (tertiary alicyclic amines) is 1. The fourth-order valence-corrected chi connectivity index (χ4v) is 2.75. The monoisotopic (exact) mass is 277 g/mol. The lowest BCUT2D eigenvalue weighted by Gasteiger charge is -2.26. The normalized spacial score (nSPS) is 24.4. The fraction of sp³-hybridized carbons (Fsp3) is 0.647. The molecule has 2 saturated heterocycles. The van der Waals surface area contributed by atoms with Gasteiger partial charge in [0, 0.05) is 0 Å². The van der Waals surface area contributed by atoms with Gasteiger partial charge in [-0.05, 0) is 64.4 Å². The Bertz CT molecular complexity index is 378. The first-order valence-electron chi connectivity index (χ1n) is 7.83. The largest absolute Gasteiger partial charge is 0.486 e. The predicted molar refractivity (Wildman–Crippen MR) is 82.4 cm³/mol. The van der Waals surface area contributed by atoms with Gasteiger partial charge in [0.2, 0.25) is 0 Å². The standard InChI is InChI=1S/C17H27NO2/c1-3-16-17(20-13-12-19-16)14-15(2)8-7-11-18-9-5-4-6-10-18/h3,14H,2,4-13H2,1H3/b16-3+,17-14+. The first-order chi connectivity index (χ1) is 9.79. The number of rotatable bonds is 5. The van der Waals surface area contributed by atoms with E-state index in [1.165, 1.54) is 45.3 Å². The van der Waals surface area contributed by atoms with Crippen molar-refractivity contribution in [1.29, 1.82) is 0 Å². The second kappa shape index (κ2) is 8.15. The van der Waals surface area contributed by atoms with Gasteiger partial charge in [0.15, 0.2) is 11.5 Å². The predicted octanol–water partition coefficient (Wildman–Crippen LogP) is 3.64. The van der Waals surface area contributed by atoms with Crippen molar-refractivity contribution in [3.05, 3.63) is 35.8 Å². The SMILES string of the molecule is C=C(/C=C1/OCCO/C1=C/C)CCCN1CCCCC1. The highest BCUT2D eigenvalue weighted by atomic mass is 16.6. The molecular formula is C17H27NO2. The van der Waals surface area contributed by atoms with Gasteiger partial charge in [-0.3, -0.25) is 0 Å². The molecule has 2 heterocycles. The van der Waals surface area contributed by atoms with Gasteiger partial charge in [0.1, 0.15) is 13.2 Å². The van der Waals surface area contributed by atoms with E-state index in [9.17, 15) is 0 Å². The van der Waals surface area contributed by atoms with Crippen molar-refractivity contribution < 1.29 is 9.47 Å². The van der Waals surface area contributed by atoms with Crippen LogP contribution in [0.4, 0.5) is 0 Å². The van der Waals surface area contributed by atoms with Crippen LogP contribution in [0.5, 0.6) is 0 Å². The van der Waals surface area contributed by atoms with Crippen LogP contribution in [0.1, 0.15) is 39.0 Å². The molecule has 2 rings (SSSR count). The maximum Gasteiger partial charge on any atom is 0.161 e. The molecule has 20 heavy (non-hydrogen) atoms. The highest BCUT2D eigenvalue weighted by Gasteiger charge is 2.13. The van der Waals surface area contributed by atoms with Crippen LogP contribution in [0.25, 0.3) is 0 Å². The van der Waals surface area contributed by atoms with E-state index in [-0.39, 0.29) is 0 Å². The van der Waals surface area contributed by atoms with E-state index < -0.39 is 0 Å². The van der Waals surface area contributed by atoms with Crippen molar-refractivity contribution in [2.75, 3.05) is 32.8 Å². The Morgan fingerprint density at radius 2 is 1.85 bits per heavy atom.